The number of carbonyl (C=O) groups is 3. The summed E-state index contributed by atoms with van der Waals surface area (Å²) in [6, 6.07) is 23.2. The van der Waals surface area contributed by atoms with E-state index in [1.54, 1.807) is 26.1 Å². The fourth-order valence-corrected chi connectivity index (χ4v) is 4.57. The number of H-pyrrole nitrogens is 1. The maximum atomic E-state index is 13.7. The molecule has 4 aromatic rings. The summed E-state index contributed by atoms with van der Waals surface area (Å²) in [6.45, 7) is 3.07. The quantitative estimate of drug-likeness (QED) is 0.288. The van der Waals surface area contributed by atoms with Crippen molar-refractivity contribution in [3.05, 3.63) is 102 Å². The minimum absolute atomic E-state index is 0.121. The van der Waals surface area contributed by atoms with Gasteiger partial charge in [0.15, 0.2) is 0 Å². The van der Waals surface area contributed by atoms with Crippen molar-refractivity contribution in [3.63, 3.8) is 0 Å². The molecule has 0 aliphatic carbocycles. The molecule has 2 atom stereocenters. The first-order chi connectivity index (χ1) is 19.7. The van der Waals surface area contributed by atoms with Crippen LogP contribution in [0.2, 0.25) is 0 Å². The van der Waals surface area contributed by atoms with Crippen LogP contribution in [0.4, 0.5) is 10.5 Å². The zero-order chi connectivity index (χ0) is 29.0. The lowest BCUT2D eigenvalue weighted by Crippen LogP contribution is -2.53. The number of aliphatic imine (C=N–C) groups is 1. The van der Waals surface area contributed by atoms with Crippen LogP contribution in [0.1, 0.15) is 38.8 Å². The number of benzene rings is 3. The zero-order valence-electron chi connectivity index (χ0n) is 23.2. The van der Waals surface area contributed by atoms with Gasteiger partial charge in [0.2, 0.25) is 12.1 Å². The highest BCUT2D eigenvalue weighted by atomic mass is 16.6. The summed E-state index contributed by atoms with van der Waals surface area (Å²) >= 11 is 0. The van der Waals surface area contributed by atoms with Gasteiger partial charge >= 0.3 is 6.09 Å². The van der Waals surface area contributed by atoms with Gasteiger partial charge in [0.25, 0.3) is 5.91 Å². The van der Waals surface area contributed by atoms with Gasteiger partial charge in [0.1, 0.15) is 11.6 Å². The largest absolute Gasteiger partial charge is 0.444 e. The van der Waals surface area contributed by atoms with Crippen LogP contribution >= 0.6 is 0 Å². The topological polar surface area (TPSA) is 125 Å². The Balaban J connectivity index is 1.45. The maximum Gasteiger partial charge on any atom is 0.408 e. The molecule has 2 heterocycles. The molecule has 0 radical (unpaired) electrons. The Labute approximate surface area is 233 Å². The first-order valence-corrected chi connectivity index (χ1v) is 12.9. The van der Waals surface area contributed by atoms with Crippen molar-refractivity contribution in [2.45, 2.75) is 45.0 Å². The third-order valence-electron chi connectivity index (χ3n) is 6.35. The lowest BCUT2D eigenvalue weighted by Gasteiger charge is -2.24. The second-order valence-electron chi connectivity index (χ2n) is 10.2. The smallest absolute Gasteiger partial charge is 0.408 e. The minimum atomic E-state index is -1.27. The van der Waals surface area contributed by atoms with Crippen LogP contribution in [0.5, 0.6) is 0 Å². The van der Waals surface area contributed by atoms with Crippen LogP contribution < -0.4 is 16.0 Å². The highest BCUT2D eigenvalue weighted by Gasteiger charge is 2.31. The normalized spacial score (nSPS) is 16.1. The van der Waals surface area contributed by atoms with Gasteiger partial charge in [0.05, 0.1) is 11.4 Å². The molecule has 1 aliphatic rings. The van der Waals surface area contributed by atoms with E-state index in [1.165, 1.54) is 0 Å². The van der Waals surface area contributed by atoms with Crippen molar-refractivity contribution in [1.29, 1.82) is 0 Å². The fraction of sp³-hybridized carbons (Fsp3) is 0.226. The molecule has 204 valence electrons. The summed E-state index contributed by atoms with van der Waals surface area (Å²) in [6.07, 6.45) is -0.200. The van der Waals surface area contributed by atoms with Crippen LogP contribution in [0.15, 0.2) is 90.1 Å². The van der Waals surface area contributed by atoms with Gasteiger partial charge in [-0.15, -0.1) is 0 Å². The summed E-state index contributed by atoms with van der Waals surface area (Å²) in [5, 5.41) is 9.13. The standard InChI is InChI=1S/C31H31N5O4/c1-31(2,3)40-30(39)34-25(17-20-18-32-23-15-9-7-13-21(20)23)28(37)36-27-29(38)33-24-16-10-8-14-22(24)26(35-27)19-11-5-4-6-12-19/h4-16,18,25,27,32H,17H2,1-3H3,(H,33,38)(H,34,39)(H,36,37)/t25-,27?/m0/s1/i1D. The van der Waals surface area contributed by atoms with Gasteiger partial charge in [0, 0.05) is 36.0 Å². The molecule has 0 bridgehead atoms. The minimum Gasteiger partial charge on any atom is -0.444 e. The number of aromatic nitrogens is 1. The molecule has 40 heavy (non-hydrogen) atoms. The van der Waals surface area contributed by atoms with E-state index >= 15 is 0 Å². The number of hydrogen-bond acceptors (Lipinski definition) is 5. The summed E-state index contributed by atoms with van der Waals surface area (Å²) in [5.74, 6) is -1.13. The molecular formula is C31H31N5O4. The first kappa shape index (κ1) is 25.4. The number of nitrogens with zero attached hydrogens (tertiary/aromatic N) is 1. The van der Waals surface area contributed by atoms with Crippen molar-refractivity contribution in [2.75, 3.05) is 5.32 Å². The molecule has 1 aliphatic heterocycles. The van der Waals surface area contributed by atoms with Crippen molar-refractivity contribution < 1.29 is 20.5 Å². The molecule has 0 fully saturated rings. The second-order valence-corrected chi connectivity index (χ2v) is 10.2. The maximum absolute atomic E-state index is 13.7. The van der Waals surface area contributed by atoms with Gasteiger partial charge in [-0.1, -0.05) is 66.7 Å². The molecule has 3 aromatic carbocycles. The van der Waals surface area contributed by atoms with Crippen molar-refractivity contribution in [3.8, 4) is 0 Å². The number of benzodiazepines with no additional fused rings is 1. The van der Waals surface area contributed by atoms with Gasteiger partial charge in [-0.3, -0.25) is 9.59 Å². The Morgan fingerprint density at radius 2 is 1.77 bits per heavy atom. The Bertz CT molecular complexity index is 1620. The molecule has 5 rings (SSSR count). The van der Waals surface area contributed by atoms with Gasteiger partial charge in [-0.25, -0.2) is 9.79 Å². The summed E-state index contributed by atoms with van der Waals surface area (Å²) < 4.78 is 13.0. The number of rotatable bonds is 6. The van der Waals surface area contributed by atoms with E-state index < -0.39 is 35.7 Å². The molecule has 0 saturated heterocycles. The SMILES string of the molecule is [2H]CC(C)(C)OC(=O)N[C@@H](Cc1c[nH]c2ccccc12)C(=O)NC1N=C(c2ccccc2)c2ccccc2NC1=O. The Morgan fingerprint density at radius 3 is 2.58 bits per heavy atom. The predicted octanol–water partition coefficient (Wildman–Crippen LogP) is 4.54. The number of nitrogens with one attached hydrogen (secondary N) is 4. The monoisotopic (exact) mass is 538 g/mol. The lowest BCUT2D eigenvalue weighted by atomic mass is 10.0. The van der Waals surface area contributed by atoms with Crippen LogP contribution in [0, 0.1) is 0 Å². The zero-order valence-corrected chi connectivity index (χ0v) is 22.2. The number of fused-ring (bicyclic) bond motifs is 2. The molecular weight excluding hydrogens is 506 g/mol. The van der Waals surface area contributed by atoms with Crippen LogP contribution in [0.3, 0.4) is 0 Å². The van der Waals surface area contributed by atoms with E-state index in [9.17, 15) is 14.4 Å². The number of alkyl carbamates (subject to hydrolysis) is 1. The summed E-state index contributed by atoms with van der Waals surface area (Å²) in [7, 11) is 0. The van der Waals surface area contributed by atoms with E-state index in [4.69, 9.17) is 6.11 Å². The average Bonchev–Trinajstić information content (AvgIpc) is 3.31. The molecule has 0 saturated carbocycles. The molecule has 4 N–H and O–H groups in total. The van der Waals surface area contributed by atoms with E-state index in [1.807, 2.05) is 72.8 Å². The molecule has 0 spiro atoms. The van der Waals surface area contributed by atoms with Crippen molar-refractivity contribution in [2.24, 2.45) is 4.99 Å². The Kier molecular flexibility index (Phi) is 7.01. The van der Waals surface area contributed by atoms with Gasteiger partial charge < -0.3 is 25.7 Å². The van der Waals surface area contributed by atoms with Gasteiger partial charge in [-0.05, 0) is 38.4 Å². The van der Waals surface area contributed by atoms with Crippen molar-refractivity contribution in [1.82, 2.24) is 15.6 Å². The van der Waals surface area contributed by atoms with E-state index in [-0.39, 0.29) is 13.3 Å². The number of anilines is 1. The molecule has 1 aromatic heterocycles. The summed E-state index contributed by atoms with van der Waals surface area (Å²) in [4.78, 5) is 47.7. The van der Waals surface area contributed by atoms with Crippen molar-refractivity contribution >= 4 is 40.2 Å². The third kappa shape index (κ3) is 6.04. The van der Waals surface area contributed by atoms with Gasteiger partial charge in [-0.2, -0.15) is 0 Å². The second kappa shape index (κ2) is 11.1. The van der Waals surface area contributed by atoms with E-state index in [2.05, 4.69) is 25.9 Å². The van der Waals surface area contributed by atoms with Crippen LogP contribution in [-0.4, -0.2) is 46.4 Å². The van der Waals surface area contributed by atoms with Crippen LogP contribution in [-0.2, 0) is 20.7 Å². The third-order valence-corrected chi connectivity index (χ3v) is 6.35. The number of hydrogen-bond donors (Lipinski definition) is 4. The lowest BCUT2D eigenvalue weighted by molar-refractivity contribution is -0.127. The van der Waals surface area contributed by atoms with E-state index in [0.29, 0.717) is 11.4 Å². The summed E-state index contributed by atoms with van der Waals surface area (Å²) in [5.41, 5.74) is 3.26. The number of carbonyl (C=O) groups excluding carboxylic acids is 3. The fourth-order valence-electron chi connectivity index (χ4n) is 4.57. The molecule has 1 unspecified atom stereocenters. The van der Waals surface area contributed by atoms with Crippen LogP contribution in [0.25, 0.3) is 10.9 Å². The number of ether oxygens (including phenoxy) is 1. The molecule has 9 heteroatoms. The highest BCUT2D eigenvalue weighted by molar-refractivity contribution is 6.19. The Hall–Kier alpha value is -4.92. The number of amides is 3. The Morgan fingerprint density at radius 1 is 1.05 bits per heavy atom. The molecule has 3 amide bonds. The predicted molar refractivity (Wildman–Crippen MR) is 154 cm³/mol. The average molecular weight is 539 g/mol. The number of para-hydroxylation sites is 2. The number of aromatic amines is 1. The van der Waals surface area contributed by atoms with E-state index in [0.717, 1.165) is 27.6 Å². The first-order valence-electron chi connectivity index (χ1n) is 13.6. The highest BCUT2D eigenvalue weighted by Crippen LogP contribution is 2.24. The molecule has 9 nitrogen and oxygen atoms in total.